The average Bonchev–Trinajstić information content (AvgIpc) is 1.90. The van der Waals surface area contributed by atoms with Gasteiger partial charge >= 0.3 is 51.4 Å². The summed E-state index contributed by atoms with van der Waals surface area (Å²) in [6, 6.07) is 0. The first kappa shape index (κ1) is 19.1. The van der Waals surface area contributed by atoms with Crippen LogP contribution in [0.4, 0.5) is 0 Å². The zero-order valence-corrected chi connectivity index (χ0v) is 12.1. The van der Waals surface area contributed by atoms with Crippen LogP contribution in [-0.2, 0) is 14.9 Å². The minimum atomic E-state index is -3.66. The van der Waals surface area contributed by atoms with Gasteiger partial charge in [-0.3, -0.25) is 4.55 Å². The summed E-state index contributed by atoms with van der Waals surface area (Å²) >= 11 is 0. The van der Waals surface area contributed by atoms with Gasteiger partial charge in [-0.25, -0.2) is 0 Å². The molecule has 4 nitrogen and oxygen atoms in total. The number of hydrogen-bond acceptors (Lipinski definition) is 3. The van der Waals surface area contributed by atoms with Gasteiger partial charge in [0.25, 0.3) is 10.1 Å². The van der Waals surface area contributed by atoms with E-state index in [4.69, 9.17) is 9.29 Å². The van der Waals surface area contributed by atoms with E-state index in [0.29, 0.717) is 0 Å². The topological polar surface area (TPSA) is 63.6 Å². The summed E-state index contributed by atoms with van der Waals surface area (Å²) in [7, 11) is -3.66. The fourth-order valence-electron chi connectivity index (χ4n) is 0.204. The molecule has 0 unspecified atom stereocenters. The maximum Gasteiger partial charge on any atom is 1.00 e. The van der Waals surface area contributed by atoms with E-state index in [1.165, 1.54) is 6.92 Å². The second kappa shape index (κ2) is 12.5. The molecule has 0 aromatic rings. The van der Waals surface area contributed by atoms with Gasteiger partial charge in [0.05, 0.1) is 5.75 Å². The minimum absolute atomic E-state index is 0. The molecule has 0 bridgehead atoms. The van der Waals surface area contributed by atoms with Crippen molar-refractivity contribution in [2.45, 2.75) is 20.8 Å². The molecule has 0 aromatic heterocycles. The van der Waals surface area contributed by atoms with Gasteiger partial charge in [-0.05, 0) is 20.8 Å². The fraction of sp³-hybridized carbons (Fsp3) is 1.00. The Labute approximate surface area is 119 Å². The van der Waals surface area contributed by atoms with Crippen LogP contribution >= 0.6 is 0 Å². The molecular weight excluding hydrogens is 207 g/mol. The third-order valence-electron chi connectivity index (χ3n) is 0.773. The molecule has 0 aliphatic rings. The van der Waals surface area contributed by atoms with Gasteiger partial charge in [0.2, 0.25) is 0 Å². The molecule has 0 rings (SSSR count). The van der Waals surface area contributed by atoms with Crippen LogP contribution in [0.15, 0.2) is 0 Å². The Bertz CT molecular complexity index is 158. The van der Waals surface area contributed by atoms with Crippen molar-refractivity contribution in [3.63, 3.8) is 0 Å². The van der Waals surface area contributed by atoms with Gasteiger partial charge in [0, 0.05) is 13.2 Å². The minimum Gasteiger partial charge on any atom is -1.00 e. The Balaban J connectivity index is -0.0000000546. The summed E-state index contributed by atoms with van der Waals surface area (Å²) < 4.78 is 31.7. The average molecular weight is 224 g/mol. The molecule has 6 heteroatoms. The quantitative estimate of drug-likeness (QED) is 0.447. The predicted molar refractivity (Wildman–Crippen MR) is 45.4 cm³/mol. The Morgan fingerprint density at radius 3 is 1.50 bits per heavy atom. The Morgan fingerprint density at radius 2 is 1.50 bits per heavy atom. The molecule has 0 aliphatic heterocycles. The predicted octanol–water partition coefficient (Wildman–Crippen LogP) is -1.95. The van der Waals surface area contributed by atoms with E-state index in [0.717, 1.165) is 13.2 Å². The van der Waals surface area contributed by atoms with Crippen molar-refractivity contribution in [2.24, 2.45) is 0 Å². The summed E-state index contributed by atoms with van der Waals surface area (Å²) in [5, 5.41) is 0. The molecule has 0 saturated carbocycles. The zero-order chi connectivity index (χ0) is 9.33. The molecule has 1 N–H and O–H groups in total. The molecule has 0 spiro atoms. The summed E-state index contributed by atoms with van der Waals surface area (Å²) in [6.07, 6.45) is 0. The molecule has 12 heavy (non-hydrogen) atoms. The van der Waals surface area contributed by atoms with Crippen molar-refractivity contribution in [1.29, 1.82) is 0 Å². The van der Waals surface area contributed by atoms with Gasteiger partial charge < -0.3 is 6.16 Å². The number of hydrogen-bond donors (Lipinski definition) is 1. The second-order valence-electron chi connectivity index (χ2n) is 1.65. The van der Waals surface area contributed by atoms with Crippen LogP contribution in [0.1, 0.15) is 22.2 Å². The molecular formula is C6H17KO4S. The van der Waals surface area contributed by atoms with Crippen molar-refractivity contribution in [3.8, 4) is 0 Å². The first-order chi connectivity index (χ1) is 4.97. The number of ether oxygens (including phenoxy) is 1. The van der Waals surface area contributed by atoms with Crippen LogP contribution < -0.4 is 51.4 Å². The van der Waals surface area contributed by atoms with Crippen LogP contribution in [0, 0.1) is 0 Å². The van der Waals surface area contributed by atoms with Gasteiger partial charge in [0.15, 0.2) is 0 Å². The smallest absolute Gasteiger partial charge is 1.00 e. The maximum atomic E-state index is 9.56. The monoisotopic (exact) mass is 224 g/mol. The standard InChI is InChI=1S/C4H10O.C2H6O3S.K.H/c1-3-5-4-2;1-2-6(3,4)5;;/h3-4H2,1-2H3;2H2,1H3,(H,3,4,5);;/q;;+1;-1. The van der Waals surface area contributed by atoms with Crippen molar-refractivity contribution in [2.75, 3.05) is 19.0 Å². The SMILES string of the molecule is CCOCC.CCS(=O)(=O)O.[H-].[K+]. The molecule has 0 aromatic carbocycles. The van der Waals surface area contributed by atoms with E-state index in [2.05, 4.69) is 0 Å². The molecule has 72 valence electrons. The summed E-state index contributed by atoms with van der Waals surface area (Å²) in [6.45, 7) is 7.04. The van der Waals surface area contributed by atoms with E-state index in [1.54, 1.807) is 0 Å². The normalized spacial score (nSPS) is 9.33. The van der Waals surface area contributed by atoms with Crippen LogP contribution in [0.2, 0.25) is 0 Å². The molecule has 0 saturated heterocycles. The van der Waals surface area contributed by atoms with Crippen LogP contribution in [-0.4, -0.2) is 31.9 Å². The van der Waals surface area contributed by atoms with Crippen LogP contribution in [0.5, 0.6) is 0 Å². The maximum absolute atomic E-state index is 9.56. The second-order valence-corrected chi connectivity index (χ2v) is 3.39. The van der Waals surface area contributed by atoms with Gasteiger partial charge in [-0.2, -0.15) is 8.42 Å². The van der Waals surface area contributed by atoms with Crippen molar-refractivity contribution in [1.82, 2.24) is 0 Å². The molecule has 0 radical (unpaired) electrons. The van der Waals surface area contributed by atoms with Gasteiger partial charge in [-0.15, -0.1) is 0 Å². The van der Waals surface area contributed by atoms with E-state index >= 15 is 0 Å². The third kappa shape index (κ3) is 30.0. The molecule has 0 heterocycles. The summed E-state index contributed by atoms with van der Waals surface area (Å²) in [4.78, 5) is 0. The van der Waals surface area contributed by atoms with Crippen molar-refractivity contribution < 1.29 is 70.5 Å². The molecule has 0 amide bonds. The Hall–Kier alpha value is 1.51. The Morgan fingerprint density at radius 1 is 1.25 bits per heavy atom. The van der Waals surface area contributed by atoms with E-state index in [1.807, 2.05) is 13.8 Å². The van der Waals surface area contributed by atoms with Crippen molar-refractivity contribution in [3.05, 3.63) is 0 Å². The summed E-state index contributed by atoms with van der Waals surface area (Å²) in [5.74, 6) is -0.201. The van der Waals surface area contributed by atoms with E-state index in [-0.39, 0.29) is 58.6 Å². The molecule has 0 atom stereocenters. The van der Waals surface area contributed by atoms with Gasteiger partial charge in [0.1, 0.15) is 0 Å². The van der Waals surface area contributed by atoms with E-state index in [9.17, 15) is 8.42 Å². The van der Waals surface area contributed by atoms with E-state index < -0.39 is 10.1 Å². The van der Waals surface area contributed by atoms with Crippen LogP contribution in [0.25, 0.3) is 0 Å². The molecule has 0 fully saturated rings. The summed E-state index contributed by atoms with van der Waals surface area (Å²) in [5.41, 5.74) is 0. The third-order valence-corrected chi connectivity index (χ3v) is 1.50. The number of rotatable bonds is 3. The van der Waals surface area contributed by atoms with Crippen LogP contribution in [0.3, 0.4) is 0 Å². The Kier molecular flexibility index (Phi) is 19.9. The van der Waals surface area contributed by atoms with Gasteiger partial charge in [-0.1, -0.05) is 0 Å². The largest absolute Gasteiger partial charge is 1.00 e. The molecule has 0 aliphatic carbocycles. The first-order valence-corrected chi connectivity index (χ1v) is 5.11. The zero-order valence-electron chi connectivity index (χ0n) is 9.20. The fourth-order valence-corrected chi connectivity index (χ4v) is 0.204. The van der Waals surface area contributed by atoms with Crippen molar-refractivity contribution >= 4 is 10.1 Å². The first-order valence-electron chi connectivity index (χ1n) is 3.50.